The van der Waals surface area contributed by atoms with Crippen molar-refractivity contribution in [3.05, 3.63) is 59.5 Å². The molecular weight excluding hydrogens is 357 g/mol. The molecule has 0 saturated carbocycles. The van der Waals surface area contributed by atoms with Crippen LogP contribution in [-0.2, 0) is 0 Å². The van der Waals surface area contributed by atoms with Crippen molar-refractivity contribution in [1.29, 1.82) is 0 Å². The van der Waals surface area contributed by atoms with E-state index in [4.69, 9.17) is 11.6 Å². The van der Waals surface area contributed by atoms with Gasteiger partial charge >= 0.3 is 0 Å². The van der Waals surface area contributed by atoms with Crippen molar-refractivity contribution < 1.29 is 9.50 Å². The van der Waals surface area contributed by atoms with E-state index in [1.807, 2.05) is 18.2 Å². The molecule has 26 heavy (non-hydrogen) atoms. The minimum Gasteiger partial charge on any atom is -0.394 e. The molecule has 0 bridgehead atoms. The van der Waals surface area contributed by atoms with Crippen LogP contribution in [0.4, 0.5) is 21.8 Å². The monoisotopic (exact) mass is 373 g/mol. The summed E-state index contributed by atoms with van der Waals surface area (Å²) < 4.78 is 13.2. The van der Waals surface area contributed by atoms with Crippen molar-refractivity contribution in [2.75, 3.05) is 17.2 Å². The summed E-state index contributed by atoms with van der Waals surface area (Å²) in [4.78, 5) is 13.1. The van der Waals surface area contributed by atoms with Crippen LogP contribution < -0.4 is 10.6 Å². The van der Waals surface area contributed by atoms with E-state index in [9.17, 15) is 9.50 Å². The number of hydrogen-bond acceptors (Lipinski definition) is 6. The summed E-state index contributed by atoms with van der Waals surface area (Å²) in [6.45, 7) is 1.74. The Balaban J connectivity index is 1.98. The van der Waals surface area contributed by atoms with Gasteiger partial charge in [0.05, 0.1) is 28.7 Å². The third-order valence-corrected chi connectivity index (χ3v) is 3.81. The van der Waals surface area contributed by atoms with E-state index in [2.05, 4.69) is 25.6 Å². The van der Waals surface area contributed by atoms with Crippen LogP contribution in [0.15, 0.2) is 48.7 Å². The van der Waals surface area contributed by atoms with Gasteiger partial charge in [-0.15, -0.1) is 0 Å². The molecule has 8 heteroatoms. The van der Waals surface area contributed by atoms with Gasteiger partial charge in [0, 0.05) is 18.3 Å². The number of benzene rings is 1. The molecule has 1 aromatic carbocycles. The number of hydrogen-bond donors (Lipinski definition) is 3. The molecule has 3 aromatic rings. The second-order valence-corrected chi connectivity index (χ2v) is 6.06. The number of nitrogens with one attached hydrogen (secondary N) is 2. The van der Waals surface area contributed by atoms with Crippen LogP contribution >= 0.6 is 11.6 Å². The molecule has 6 nitrogen and oxygen atoms in total. The molecular formula is C18H17ClFN5O. The number of aromatic nitrogens is 3. The number of aliphatic hydroxyl groups is 1. The lowest BCUT2D eigenvalue weighted by molar-refractivity contribution is 0.281. The van der Waals surface area contributed by atoms with Gasteiger partial charge in [-0.2, -0.15) is 4.98 Å². The molecule has 1 atom stereocenters. The van der Waals surface area contributed by atoms with E-state index >= 15 is 0 Å². The second kappa shape index (κ2) is 8.07. The van der Waals surface area contributed by atoms with E-state index in [1.54, 1.807) is 19.2 Å². The molecule has 0 amide bonds. The summed E-state index contributed by atoms with van der Waals surface area (Å²) in [5.41, 5.74) is 1.77. The fraction of sp³-hybridized carbons (Fsp3) is 0.167. The zero-order chi connectivity index (χ0) is 18.5. The highest BCUT2D eigenvalue weighted by atomic mass is 35.5. The SMILES string of the molecule is C[C@H](CO)Nc1nc(Nc2ccc(F)cc2Cl)cc(-c2ccccn2)n1. The van der Waals surface area contributed by atoms with Gasteiger partial charge in [0.1, 0.15) is 11.6 Å². The van der Waals surface area contributed by atoms with Gasteiger partial charge in [-0.25, -0.2) is 9.37 Å². The van der Waals surface area contributed by atoms with Crippen molar-refractivity contribution in [1.82, 2.24) is 15.0 Å². The van der Waals surface area contributed by atoms with Crippen LogP contribution in [0.5, 0.6) is 0 Å². The number of rotatable bonds is 6. The highest BCUT2D eigenvalue weighted by Gasteiger charge is 2.11. The number of pyridine rings is 1. The van der Waals surface area contributed by atoms with Crippen LogP contribution in [0.1, 0.15) is 6.92 Å². The summed E-state index contributed by atoms with van der Waals surface area (Å²) in [5.74, 6) is 0.369. The minimum absolute atomic E-state index is 0.0657. The van der Waals surface area contributed by atoms with Gasteiger partial charge in [0.25, 0.3) is 0 Å². The molecule has 2 heterocycles. The van der Waals surface area contributed by atoms with E-state index in [-0.39, 0.29) is 17.7 Å². The Morgan fingerprint density at radius 1 is 1.15 bits per heavy atom. The lowest BCUT2D eigenvalue weighted by Crippen LogP contribution is -2.21. The molecule has 0 aliphatic carbocycles. The predicted octanol–water partition coefficient (Wildman–Crippen LogP) is 3.87. The molecule has 0 saturated heterocycles. The van der Waals surface area contributed by atoms with E-state index in [1.165, 1.54) is 18.2 Å². The lowest BCUT2D eigenvalue weighted by atomic mass is 10.2. The van der Waals surface area contributed by atoms with E-state index in [0.717, 1.165) is 0 Å². The Morgan fingerprint density at radius 2 is 2.00 bits per heavy atom. The van der Waals surface area contributed by atoms with Crippen LogP contribution in [0, 0.1) is 5.82 Å². The van der Waals surface area contributed by atoms with Crippen LogP contribution in [0.25, 0.3) is 11.4 Å². The summed E-state index contributed by atoms with van der Waals surface area (Å²) in [7, 11) is 0. The van der Waals surface area contributed by atoms with Gasteiger partial charge in [-0.05, 0) is 37.3 Å². The maximum Gasteiger partial charge on any atom is 0.225 e. The standard InChI is InChI=1S/C18H17ClFN5O/c1-11(10-26)22-18-24-16(15-4-2-3-7-21-15)9-17(25-18)23-14-6-5-12(20)8-13(14)19/h2-9,11,26H,10H2,1H3,(H2,22,23,24,25)/t11-/m1/s1. The second-order valence-electron chi connectivity index (χ2n) is 5.65. The van der Waals surface area contributed by atoms with Crippen molar-refractivity contribution in [2.24, 2.45) is 0 Å². The van der Waals surface area contributed by atoms with E-state index < -0.39 is 5.82 Å². The fourth-order valence-corrected chi connectivity index (χ4v) is 2.43. The number of halogens is 2. The first-order valence-electron chi connectivity index (χ1n) is 7.95. The molecule has 3 rings (SSSR count). The van der Waals surface area contributed by atoms with Crippen LogP contribution in [0.3, 0.4) is 0 Å². The molecule has 134 valence electrons. The van der Waals surface area contributed by atoms with Gasteiger partial charge in [-0.1, -0.05) is 17.7 Å². The third-order valence-electron chi connectivity index (χ3n) is 3.50. The smallest absolute Gasteiger partial charge is 0.225 e. The first kappa shape index (κ1) is 18.0. The zero-order valence-electron chi connectivity index (χ0n) is 13.9. The average Bonchev–Trinajstić information content (AvgIpc) is 2.64. The van der Waals surface area contributed by atoms with E-state index in [0.29, 0.717) is 28.8 Å². The van der Waals surface area contributed by atoms with Crippen molar-refractivity contribution in [3.8, 4) is 11.4 Å². The molecule has 0 aliphatic rings. The van der Waals surface area contributed by atoms with Crippen molar-refractivity contribution >= 4 is 29.1 Å². The molecule has 0 unspecified atom stereocenters. The zero-order valence-corrected chi connectivity index (χ0v) is 14.7. The van der Waals surface area contributed by atoms with Gasteiger partial charge in [0.2, 0.25) is 5.95 Å². The van der Waals surface area contributed by atoms with Gasteiger partial charge < -0.3 is 15.7 Å². The first-order chi connectivity index (χ1) is 12.5. The Labute approximate surface area is 155 Å². The van der Waals surface area contributed by atoms with Gasteiger partial charge in [-0.3, -0.25) is 4.98 Å². The van der Waals surface area contributed by atoms with Gasteiger partial charge in [0.15, 0.2) is 0 Å². The van der Waals surface area contributed by atoms with Crippen LogP contribution in [-0.4, -0.2) is 32.7 Å². The molecule has 3 N–H and O–H groups in total. The molecule has 0 fully saturated rings. The quantitative estimate of drug-likeness (QED) is 0.608. The fourth-order valence-electron chi connectivity index (χ4n) is 2.22. The maximum atomic E-state index is 13.2. The maximum absolute atomic E-state index is 13.2. The highest BCUT2D eigenvalue weighted by Crippen LogP contribution is 2.27. The number of nitrogens with zero attached hydrogens (tertiary/aromatic N) is 3. The predicted molar refractivity (Wildman–Crippen MR) is 100 cm³/mol. The minimum atomic E-state index is -0.420. The molecule has 0 spiro atoms. The topological polar surface area (TPSA) is 83.0 Å². The summed E-state index contributed by atoms with van der Waals surface area (Å²) in [6.07, 6.45) is 1.67. The van der Waals surface area contributed by atoms with Crippen molar-refractivity contribution in [3.63, 3.8) is 0 Å². The summed E-state index contributed by atoms with van der Waals surface area (Å²) in [6, 6.07) is 11.1. The number of anilines is 3. The Kier molecular flexibility index (Phi) is 5.60. The average molecular weight is 374 g/mol. The summed E-state index contributed by atoms with van der Waals surface area (Å²) >= 11 is 6.08. The first-order valence-corrected chi connectivity index (χ1v) is 8.33. The Bertz CT molecular complexity index is 894. The highest BCUT2D eigenvalue weighted by molar-refractivity contribution is 6.33. The largest absolute Gasteiger partial charge is 0.394 e. The normalized spacial score (nSPS) is 11.8. The lowest BCUT2D eigenvalue weighted by Gasteiger charge is -2.14. The molecule has 0 aliphatic heterocycles. The third kappa shape index (κ3) is 4.44. The van der Waals surface area contributed by atoms with Crippen molar-refractivity contribution in [2.45, 2.75) is 13.0 Å². The summed E-state index contributed by atoms with van der Waals surface area (Å²) in [5, 5.41) is 15.6. The Morgan fingerprint density at radius 3 is 2.69 bits per heavy atom. The number of aliphatic hydroxyl groups excluding tert-OH is 1. The molecule has 2 aromatic heterocycles. The Hall–Kier alpha value is -2.77. The molecule has 0 radical (unpaired) electrons. The van der Waals surface area contributed by atoms with Crippen LogP contribution in [0.2, 0.25) is 5.02 Å².